The third-order valence-corrected chi connectivity index (χ3v) is 5.11. The maximum atomic E-state index is 14.3. The van der Waals surface area contributed by atoms with Gasteiger partial charge in [0.1, 0.15) is 17.1 Å². The van der Waals surface area contributed by atoms with Crippen LogP contribution in [0.25, 0.3) is 5.69 Å². The van der Waals surface area contributed by atoms with E-state index in [-0.39, 0.29) is 29.1 Å². The fraction of sp³-hybridized carbons (Fsp3) is 0.286. The molecule has 0 spiro atoms. The third-order valence-electron chi connectivity index (χ3n) is 5.11. The molecule has 0 bridgehead atoms. The number of carbonyl (C=O) groups is 1. The van der Waals surface area contributed by atoms with Gasteiger partial charge in [-0.15, -0.1) is 0 Å². The summed E-state index contributed by atoms with van der Waals surface area (Å²) in [7, 11) is 2.91. The quantitative estimate of drug-likeness (QED) is 0.693. The van der Waals surface area contributed by atoms with Gasteiger partial charge in [-0.25, -0.2) is 13.5 Å². The number of benzene rings is 1. The summed E-state index contributed by atoms with van der Waals surface area (Å²) >= 11 is 0. The minimum absolute atomic E-state index is 0.159. The number of rotatable bonds is 5. The second kappa shape index (κ2) is 8.10. The maximum Gasteiger partial charge on any atom is 0.257 e. The molecule has 2 aromatic heterocycles. The summed E-state index contributed by atoms with van der Waals surface area (Å²) in [5.41, 5.74) is 2.05. The first-order chi connectivity index (χ1) is 14.5. The van der Waals surface area contributed by atoms with Crippen molar-refractivity contribution < 1.29 is 23.0 Å². The Labute approximate surface area is 171 Å². The van der Waals surface area contributed by atoms with Gasteiger partial charge in [0.2, 0.25) is 11.8 Å². The zero-order valence-corrected chi connectivity index (χ0v) is 16.5. The number of ether oxygens (including phenoxy) is 2. The first-order valence-electron chi connectivity index (χ1n) is 9.44. The average molecular weight is 414 g/mol. The van der Waals surface area contributed by atoms with E-state index < -0.39 is 11.6 Å². The number of nitrogens with zero attached hydrogens (tertiary/aromatic N) is 3. The number of nitrogens with one attached hydrogen (secondary N) is 1. The lowest BCUT2D eigenvalue weighted by atomic mass is 9.92. The van der Waals surface area contributed by atoms with Crippen LogP contribution < -0.4 is 14.8 Å². The molecule has 30 heavy (non-hydrogen) atoms. The fourth-order valence-electron chi connectivity index (χ4n) is 3.67. The zero-order valence-electron chi connectivity index (χ0n) is 16.5. The molecule has 1 N–H and O–H groups in total. The monoisotopic (exact) mass is 414 g/mol. The van der Waals surface area contributed by atoms with Gasteiger partial charge >= 0.3 is 0 Å². The lowest BCUT2D eigenvalue weighted by Crippen LogP contribution is -2.31. The molecular weight excluding hydrogens is 394 g/mol. The second-order valence-electron chi connectivity index (χ2n) is 6.88. The lowest BCUT2D eigenvalue weighted by molar-refractivity contribution is 0.0928. The predicted molar refractivity (Wildman–Crippen MR) is 104 cm³/mol. The van der Waals surface area contributed by atoms with Gasteiger partial charge in [0.25, 0.3) is 5.91 Å². The van der Waals surface area contributed by atoms with Crippen LogP contribution in [-0.2, 0) is 6.42 Å². The van der Waals surface area contributed by atoms with E-state index in [1.807, 2.05) is 0 Å². The summed E-state index contributed by atoms with van der Waals surface area (Å²) in [5.74, 6) is -1.19. The summed E-state index contributed by atoms with van der Waals surface area (Å²) in [4.78, 5) is 17.0. The Morgan fingerprint density at radius 1 is 1.20 bits per heavy atom. The number of hydrogen-bond donors (Lipinski definition) is 1. The molecular formula is C21H20F2N4O3. The van der Waals surface area contributed by atoms with Crippen molar-refractivity contribution in [2.24, 2.45) is 0 Å². The van der Waals surface area contributed by atoms with E-state index in [1.54, 1.807) is 18.3 Å². The van der Waals surface area contributed by atoms with Crippen LogP contribution in [0.5, 0.6) is 11.8 Å². The van der Waals surface area contributed by atoms with Crippen molar-refractivity contribution in [3.05, 3.63) is 65.0 Å². The standard InChI is InChI=1S/C21H20F2N4O3/c1-29-19-9-7-13(21(26-19)30-2)20(28)25-16-4-3-5-17-14(16)11-24-27(17)18-8-6-12(22)10-15(18)23/h6-11,16H,3-5H2,1-2H3,(H,25,28). The van der Waals surface area contributed by atoms with E-state index in [4.69, 9.17) is 9.47 Å². The Balaban J connectivity index is 1.62. The molecule has 1 amide bonds. The fourth-order valence-corrected chi connectivity index (χ4v) is 3.67. The molecule has 0 radical (unpaired) electrons. The summed E-state index contributed by atoms with van der Waals surface area (Å²) in [6, 6.07) is 6.24. The molecule has 0 saturated carbocycles. The van der Waals surface area contributed by atoms with Crippen LogP contribution in [-0.4, -0.2) is 34.9 Å². The molecule has 1 atom stereocenters. The Bertz CT molecular complexity index is 1100. The van der Waals surface area contributed by atoms with E-state index in [1.165, 1.54) is 31.0 Å². The van der Waals surface area contributed by atoms with Gasteiger partial charge in [-0.3, -0.25) is 4.79 Å². The summed E-state index contributed by atoms with van der Waals surface area (Å²) in [5, 5.41) is 7.28. The topological polar surface area (TPSA) is 78.3 Å². The number of hydrogen-bond acceptors (Lipinski definition) is 5. The molecule has 2 heterocycles. The first kappa shape index (κ1) is 19.8. The van der Waals surface area contributed by atoms with Crippen LogP contribution in [0, 0.1) is 11.6 Å². The summed E-state index contributed by atoms with van der Waals surface area (Å²) in [6.45, 7) is 0. The molecule has 7 nitrogen and oxygen atoms in total. The Morgan fingerprint density at radius 2 is 2.03 bits per heavy atom. The summed E-state index contributed by atoms with van der Waals surface area (Å²) in [6.07, 6.45) is 3.78. The maximum absolute atomic E-state index is 14.3. The van der Waals surface area contributed by atoms with Gasteiger partial charge in [-0.05, 0) is 37.5 Å². The van der Waals surface area contributed by atoms with Crippen LogP contribution in [0.15, 0.2) is 36.5 Å². The number of fused-ring (bicyclic) bond motifs is 1. The molecule has 156 valence electrons. The average Bonchev–Trinajstić information content (AvgIpc) is 3.18. The number of methoxy groups -OCH3 is 2. The van der Waals surface area contributed by atoms with E-state index in [9.17, 15) is 13.6 Å². The SMILES string of the molecule is COc1ccc(C(=O)NC2CCCc3c2cnn3-c2ccc(F)cc2F)c(OC)n1. The number of aromatic nitrogens is 3. The number of amides is 1. The minimum atomic E-state index is -0.693. The van der Waals surface area contributed by atoms with Crippen LogP contribution in [0.3, 0.4) is 0 Å². The Kier molecular flexibility index (Phi) is 5.35. The predicted octanol–water partition coefficient (Wildman–Crippen LogP) is 3.37. The van der Waals surface area contributed by atoms with E-state index in [2.05, 4.69) is 15.4 Å². The Morgan fingerprint density at radius 3 is 2.77 bits per heavy atom. The van der Waals surface area contributed by atoms with E-state index in [0.717, 1.165) is 23.7 Å². The lowest BCUT2D eigenvalue weighted by Gasteiger charge is -2.24. The van der Waals surface area contributed by atoms with Gasteiger partial charge in [-0.1, -0.05) is 0 Å². The highest BCUT2D eigenvalue weighted by atomic mass is 19.1. The highest BCUT2D eigenvalue weighted by molar-refractivity contribution is 5.96. The highest BCUT2D eigenvalue weighted by Gasteiger charge is 2.28. The van der Waals surface area contributed by atoms with Crippen LogP contribution in [0.4, 0.5) is 8.78 Å². The number of pyridine rings is 1. The molecule has 0 saturated heterocycles. The van der Waals surface area contributed by atoms with Crippen molar-refractivity contribution >= 4 is 5.91 Å². The summed E-state index contributed by atoms with van der Waals surface area (Å²) < 4.78 is 39.3. The minimum Gasteiger partial charge on any atom is -0.481 e. The number of halogens is 2. The van der Waals surface area contributed by atoms with Crippen molar-refractivity contribution in [1.29, 1.82) is 0 Å². The molecule has 0 fully saturated rings. The number of carbonyl (C=O) groups excluding carboxylic acids is 1. The molecule has 1 aromatic carbocycles. The van der Waals surface area contributed by atoms with E-state index >= 15 is 0 Å². The zero-order chi connectivity index (χ0) is 21.3. The van der Waals surface area contributed by atoms with Crippen molar-refractivity contribution in [3.63, 3.8) is 0 Å². The van der Waals surface area contributed by atoms with E-state index in [0.29, 0.717) is 18.7 Å². The molecule has 0 aliphatic heterocycles. The largest absolute Gasteiger partial charge is 0.481 e. The normalized spacial score (nSPS) is 15.4. The van der Waals surface area contributed by atoms with Crippen molar-refractivity contribution in [2.45, 2.75) is 25.3 Å². The van der Waals surface area contributed by atoms with Gasteiger partial charge in [0.05, 0.1) is 26.5 Å². The van der Waals surface area contributed by atoms with Gasteiger partial charge in [-0.2, -0.15) is 10.1 Å². The highest BCUT2D eigenvalue weighted by Crippen LogP contribution is 2.32. The molecule has 1 aliphatic carbocycles. The first-order valence-corrected chi connectivity index (χ1v) is 9.44. The molecule has 1 unspecified atom stereocenters. The smallest absolute Gasteiger partial charge is 0.257 e. The molecule has 1 aliphatic rings. The van der Waals surface area contributed by atoms with Gasteiger partial charge in [0.15, 0.2) is 5.82 Å². The van der Waals surface area contributed by atoms with Crippen LogP contribution in [0.1, 0.15) is 40.5 Å². The Hall–Kier alpha value is -3.49. The van der Waals surface area contributed by atoms with Crippen LogP contribution >= 0.6 is 0 Å². The van der Waals surface area contributed by atoms with Gasteiger partial charge < -0.3 is 14.8 Å². The van der Waals surface area contributed by atoms with Crippen LogP contribution in [0.2, 0.25) is 0 Å². The van der Waals surface area contributed by atoms with Crippen molar-refractivity contribution in [3.8, 4) is 17.4 Å². The van der Waals surface area contributed by atoms with Crippen molar-refractivity contribution in [2.75, 3.05) is 14.2 Å². The molecule has 9 heteroatoms. The van der Waals surface area contributed by atoms with Gasteiger partial charge in [0, 0.05) is 23.4 Å². The molecule has 4 rings (SSSR count). The van der Waals surface area contributed by atoms with Crippen molar-refractivity contribution in [1.82, 2.24) is 20.1 Å². The molecule has 3 aromatic rings. The second-order valence-corrected chi connectivity index (χ2v) is 6.88. The third kappa shape index (κ3) is 3.58.